The molecular formula is C20H24O6. The number of rotatable bonds is 0. The van der Waals surface area contributed by atoms with E-state index in [1.807, 2.05) is 0 Å². The first-order valence-corrected chi connectivity index (χ1v) is 8.84. The highest BCUT2D eigenvalue weighted by Gasteiger charge is 2.27. The van der Waals surface area contributed by atoms with Gasteiger partial charge >= 0.3 is 5.97 Å². The van der Waals surface area contributed by atoms with Crippen LogP contribution in [0.5, 0.6) is 5.75 Å². The second kappa shape index (κ2) is 8.25. The third-order valence-corrected chi connectivity index (χ3v) is 4.83. The van der Waals surface area contributed by atoms with Gasteiger partial charge in [-0.2, -0.15) is 0 Å². The van der Waals surface area contributed by atoms with Crippen LogP contribution in [-0.4, -0.2) is 34.5 Å². The fourth-order valence-electron chi connectivity index (χ4n) is 3.03. The van der Waals surface area contributed by atoms with Crippen molar-refractivity contribution >= 4 is 23.3 Å². The molecule has 1 aliphatic heterocycles. The Balaban J connectivity index is 2.37. The van der Waals surface area contributed by atoms with Crippen LogP contribution in [0.1, 0.15) is 61.0 Å². The van der Waals surface area contributed by atoms with Crippen LogP contribution < -0.4 is 0 Å². The maximum absolute atomic E-state index is 12.6. The van der Waals surface area contributed by atoms with Crippen LogP contribution in [0.3, 0.4) is 0 Å². The zero-order chi connectivity index (χ0) is 19.4. The minimum atomic E-state index is -0.953. The minimum Gasteiger partial charge on any atom is -0.507 e. The maximum Gasteiger partial charge on any atom is 0.342 e. The van der Waals surface area contributed by atoms with Gasteiger partial charge < -0.3 is 9.84 Å². The van der Waals surface area contributed by atoms with Crippen molar-refractivity contribution in [3.8, 4) is 5.75 Å². The van der Waals surface area contributed by atoms with E-state index in [1.165, 1.54) is 6.07 Å². The van der Waals surface area contributed by atoms with Crippen LogP contribution in [0, 0.1) is 12.8 Å². The lowest BCUT2D eigenvalue weighted by Gasteiger charge is -2.21. The number of cyclic esters (lactones) is 1. The molecule has 1 heterocycles. The van der Waals surface area contributed by atoms with Gasteiger partial charge in [-0.1, -0.05) is 13.0 Å². The Morgan fingerprint density at radius 2 is 1.65 bits per heavy atom. The summed E-state index contributed by atoms with van der Waals surface area (Å²) in [5, 5.41) is 10.2. The van der Waals surface area contributed by atoms with Gasteiger partial charge in [0.05, 0.1) is 0 Å². The summed E-state index contributed by atoms with van der Waals surface area (Å²) < 4.78 is 5.48. The van der Waals surface area contributed by atoms with E-state index in [2.05, 4.69) is 0 Å². The number of carbonyl (C=O) groups is 4. The zero-order valence-corrected chi connectivity index (χ0v) is 15.3. The lowest BCUT2D eigenvalue weighted by Crippen LogP contribution is -2.27. The number of Topliss-reactive ketones (excluding diaryl/α,β-unsaturated/α-hetero) is 3. The molecule has 0 fully saturated rings. The molecule has 6 nitrogen and oxygen atoms in total. The van der Waals surface area contributed by atoms with Crippen LogP contribution in [0.15, 0.2) is 12.1 Å². The Morgan fingerprint density at radius 3 is 2.35 bits per heavy atom. The number of ether oxygens (including phenoxy) is 1. The highest BCUT2D eigenvalue weighted by atomic mass is 16.5. The lowest BCUT2D eigenvalue weighted by atomic mass is 9.93. The molecule has 0 unspecified atom stereocenters. The number of aromatic hydroxyl groups is 1. The lowest BCUT2D eigenvalue weighted by molar-refractivity contribution is -0.144. The zero-order valence-electron chi connectivity index (χ0n) is 15.3. The van der Waals surface area contributed by atoms with Crippen molar-refractivity contribution in [1.82, 2.24) is 0 Å². The summed E-state index contributed by atoms with van der Waals surface area (Å²) in [6.07, 6.45) is 0.328. The van der Waals surface area contributed by atoms with E-state index in [-0.39, 0.29) is 30.1 Å². The molecule has 0 aromatic heterocycles. The summed E-state index contributed by atoms with van der Waals surface area (Å²) in [7, 11) is 0. The quantitative estimate of drug-likeness (QED) is 0.564. The summed E-state index contributed by atoms with van der Waals surface area (Å²) >= 11 is 0. The van der Waals surface area contributed by atoms with Gasteiger partial charge in [0, 0.05) is 12.8 Å². The number of esters is 1. The number of carbonyl (C=O) groups excluding carboxylic acids is 4. The van der Waals surface area contributed by atoms with Crippen LogP contribution in [0.25, 0.3) is 0 Å². The van der Waals surface area contributed by atoms with Gasteiger partial charge in [0.2, 0.25) is 11.6 Å². The molecule has 2 atom stereocenters. The summed E-state index contributed by atoms with van der Waals surface area (Å²) in [6, 6.07) is 3.25. The number of phenolic OH excluding ortho intramolecular Hbond substituents is 1. The van der Waals surface area contributed by atoms with Gasteiger partial charge in [0.15, 0.2) is 0 Å². The SMILES string of the molecule is Cc1cc(O)c2c(c1)CCCC(=O)C(=O)C(=O)CC[C@@H](C)[C@H](C)OC2=O. The fraction of sp³-hybridized carbons (Fsp3) is 0.500. The van der Waals surface area contributed by atoms with Gasteiger partial charge in [0.1, 0.15) is 17.4 Å². The molecule has 140 valence electrons. The van der Waals surface area contributed by atoms with Crippen molar-refractivity contribution in [2.24, 2.45) is 5.92 Å². The largest absolute Gasteiger partial charge is 0.507 e. The first kappa shape index (κ1) is 19.8. The average molecular weight is 360 g/mol. The van der Waals surface area contributed by atoms with Gasteiger partial charge in [-0.15, -0.1) is 0 Å². The molecule has 1 aromatic carbocycles. The van der Waals surface area contributed by atoms with Crippen LogP contribution >= 0.6 is 0 Å². The highest BCUT2D eigenvalue weighted by Crippen LogP contribution is 2.27. The Bertz CT molecular complexity index is 749. The molecule has 0 spiro atoms. The number of phenols is 1. The third-order valence-electron chi connectivity index (χ3n) is 4.83. The van der Waals surface area contributed by atoms with Gasteiger partial charge in [0.25, 0.3) is 5.78 Å². The smallest absolute Gasteiger partial charge is 0.342 e. The summed E-state index contributed by atoms with van der Waals surface area (Å²) in [6.45, 7) is 5.30. The van der Waals surface area contributed by atoms with E-state index >= 15 is 0 Å². The highest BCUT2D eigenvalue weighted by molar-refractivity contribution is 6.63. The number of benzene rings is 1. The minimum absolute atomic E-state index is 0.0470. The summed E-state index contributed by atoms with van der Waals surface area (Å²) in [5.74, 6) is -3.30. The van der Waals surface area contributed by atoms with E-state index < -0.39 is 29.4 Å². The molecular weight excluding hydrogens is 336 g/mol. The molecule has 0 radical (unpaired) electrons. The topological polar surface area (TPSA) is 97.7 Å². The maximum atomic E-state index is 12.6. The van der Waals surface area contributed by atoms with Crippen molar-refractivity contribution in [1.29, 1.82) is 0 Å². The van der Waals surface area contributed by atoms with Crippen LogP contribution in [0.2, 0.25) is 0 Å². The molecule has 0 bridgehead atoms. The number of ketones is 3. The number of hydrogen-bond donors (Lipinski definition) is 1. The fourth-order valence-corrected chi connectivity index (χ4v) is 3.03. The molecule has 0 amide bonds. The molecule has 1 aliphatic rings. The number of hydrogen-bond acceptors (Lipinski definition) is 6. The predicted octanol–water partition coefficient (Wildman–Crippen LogP) is 2.71. The van der Waals surface area contributed by atoms with E-state index in [0.29, 0.717) is 24.8 Å². The summed E-state index contributed by atoms with van der Waals surface area (Å²) in [4.78, 5) is 48.3. The van der Waals surface area contributed by atoms with Crippen LogP contribution in [0.4, 0.5) is 0 Å². The van der Waals surface area contributed by atoms with Crippen molar-refractivity contribution < 1.29 is 29.0 Å². The first-order valence-electron chi connectivity index (χ1n) is 8.84. The normalized spacial score (nSPS) is 23.2. The van der Waals surface area contributed by atoms with E-state index in [9.17, 15) is 24.3 Å². The van der Waals surface area contributed by atoms with Crippen molar-refractivity contribution in [3.05, 3.63) is 28.8 Å². The molecule has 26 heavy (non-hydrogen) atoms. The summed E-state index contributed by atoms with van der Waals surface area (Å²) in [5.41, 5.74) is 1.44. The first-order chi connectivity index (χ1) is 12.2. The predicted molar refractivity (Wildman–Crippen MR) is 94.1 cm³/mol. The second-order valence-corrected chi connectivity index (χ2v) is 6.97. The molecule has 0 aliphatic carbocycles. The van der Waals surface area contributed by atoms with Crippen molar-refractivity contribution in [2.45, 2.75) is 59.0 Å². The van der Waals surface area contributed by atoms with E-state index in [1.54, 1.807) is 26.8 Å². The molecule has 2 rings (SSSR count). The molecule has 1 N–H and O–H groups in total. The van der Waals surface area contributed by atoms with Crippen LogP contribution in [-0.2, 0) is 25.5 Å². The van der Waals surface area contributed by atoms with E-state index in [0.717, 1.165) is 5.56 Å². The average Bonchev–Trinajstić information content (AvgIpc) is 2.56. The van der Waals surface area contributed by atoms with Crippen molar-refractivity contribution in [2.75, 3.05) is 0 Å². The Kier molecular flexibility index (Phi) is 6.29. The Morgan fingerprint density at radius 1 is 1.00 bits per heavy atom. The van der Waals surface area contributed by atoms with Gasteiger partial charge in [-0.05, 0) is 56.2 Å². The van der Waals surface area contributed by atoms with E-state index in [4.69, 9.17) is 4.74 Å². The Labute approximate surface area is 152 Å². The number of fused-ring (bicyclic) bond motifs is 1. The molecule has 1 aromatic rings. The number of aryl methyl sites for hydroxylation is 2. The standard InChI is InChI=1S/C20H24O6/c1-11-9-14-5-4-6-15(21)19(24)16(22)8-7-12(2)13(3)26-20(25)18(14)17(23)10-11/h9-10,12-13,23H,4-8H2,1-3H3/t12-,13+/m1/s1. The molecule has 6 heteroatoms. The molecule has 0 saturated heterocycles. The van der Waals surface area contributed by atoms with Crippen molar-refractivity contribution in [3.63, 3.8) is 0 Å². The molecule has 0 saturated carbocycles. The third kappa shape index (κ3) is 4.56. The Hall–Kier alpha value is -2.50. The second-order valence-electron chi connectivity index (χ2n) is 6.97. The monoisotopic (exact) mass is 360 g/mol. The van der Waals surface area contributed by atoms with Gasteiger partial charge in [-0.3, -0.25) is 14.4 Å². The van der Waals surface area contributed by atoms with Gasteiger partial charge in [-0.25, -0.2) is 4.79 Å².